The molecule has 0 unspecified atom stereocenters. The zero-order valence-electron chi connectivity index (χ0n) is 18.8. The van der Waals surface area contributed by atoms with E-state index in [9.17, 15) is 4.39 Å². The van der Waals surface area contributed by atoms with Crippen LogP contribution in [0.5, 0.6) is 17.2 Å². The Bertz CT molecular complexity index is 1210. The largest absolute Gasteiger partial charge is 0.493 e. The van der Waals surface area contributed by atoms with Crippen LogP contribution in [0.3, 0.4) is 0 Å². The smallest absolute Gasteiger partial charge is 0.203 e. The van der Waals surface area contributed by atoms with Crippen LogP contribution in [-0.4, -0.2) is 31.1 Å². The van der Waals surface area contributed by atoms with Crippen molar-refractivity contribution in [2.75, 3.05) is 21.3 Å². The molecule has 4 aromatic rings. The number of nitrogens with zero attached hydrogens (tertiary/aromatic N) is 2. The van der Waals surface area contributed by atoms with Crippen LogP contribution in [0.25, 0.3) is 16.9 Å². The topological polar surface area (TPSA) is 57.5 Å². The third-order valence-electron chi connectivity index (χ3n) is 5.35. The Morgan fingerprint density at radius 3 is 2.15 bits per heavy atom. The van der Waals surface area contributed by atoms with E-state index < -0.39 is 0 Å². The normalized spacial score (nSPS) is 10.8. The molecule has 0 atom stereocenters. The summed E-state index contributed by atoms with van der Waals surface area (Å²) < 4.78 is 31.7. The van der Waals surface area contributed by atoms with Crippen molar-refractivity contribution < 1.29 is 18.6 Å². The van der Waals surface area contributed by atoms with Gasteiger partial charge in [0.25, 0.3) is 0 Å². The van der Waals surface area contributed by atoms with Gasteiger partial charge in [-0.05, 0) is 42.5 Å². The molecule has 0 bridgehead atoms. The highest BCUT2D eigenvalue weighted by atomic mass is 19.1. The maximum Gasteiger partial charge on any atom is 0.203 e. The van der Waals surface area contributed by atoms with Crippen molar-refractivity contribution in [3.05, 3.63) is 89.9 Å². The Kier molecular flexibility index (Phi) is 6.90. The van der Waals surface area contributed by atoms with E-state index in [1.807, 2.05) is 53.3 Å². The summed E-state index contributed by atoms with van der Waals surface area (Å²) >= 11 is 0. The number of benzene rings is 3. The van der Waals surface area contributed by atoms with E-state index in [0.29, 0.717) is 30.3 Å². The lowest BCUT2D eigenvalue weighted by atomic mass is 10.1. The fourth-order valence-corrected chi connectivity index (χ4v) is 3.74. The number of halogens is 1. The van der Waals surface area contributed by atoms with E-state index in [1.165, 1.54) is 12.1 Å². The minimum atomic E-state index is -0.276. The monoisotopic (exact) mass is 447 g/mol. The lowest BCUT2D eigenvalue weighted by Crippen LogP contribution is -2.14. The average Bonchev–Trinajstić information content (AvgIpc) is 3.28. The van der Waals surface area contributed by atoms with Crippen LogP contribution in [0.1, 0.15) is 11.1 Å². The second-order valence-corrected chi connectivity index (χ2v) is 7.39. The predicted octanol–water partition coefficient (Wildman–Crippen LogP) is 4.99. The van der Waals surface area contributed by atoms with E-state index >= 15 is 0 Å². The molecule has 0 amide bonds. The van der Waals surface area contributed by atoms with E-state index in [0.717, 1.165) is 28.1 Å². The summed E-state index contributed by atoms with van der Waals surface area (Å²) in [6.45, 7) is 1.10. The van der Waals surface area contributed by atoms with Crippen molar-refractivity contribution in [3.63, 3.8) is 0 Å². The van der Waals surface area contributed by atoms with Crippen LogP contribution in [0, 0.1) is 5.82 Å². The molecule has 0 fully saturated rings. The molecule has 0 radical (unpaired) electrons. The number of aromatic nitrogens is 2. The van der Waals surface area contributed by atoms with Crippen LogP contribution in [0.15, 0.2) is 72.9 Å². The summed E-state index contributed by atoms with van der Waals surface area (Å²) in [5.74, 6) is 1.52. The zero-order valence-corrected chi connectivity index (χ0v) is 18.8. The summed E-state index contributed by atoms with van der Waals surface area (Å²) in [6, 6.07) is 20.1. The molecule has 0 aliphatic heterocycles. The second kappa shape index (κ2) is 10.2. The van der Waals surface area contributed by atoms with Gasteiger partial charge in [0, 0.05) is 36.0 Å². The molecule has 0 aliphatic carbocycles. The fourth-order valence-electron chi connectivity index (χ4n) is 3.74. The SMILES string of the molecule is COc1ccc(CNCc2cn(-c3ccccc3)nc2-c2ccc(F)cc2)c(OC)c1OC. The Labute approximate surface area is 192 Å². The second-order valence-electron chi connectivity index (χ2n) is 7.39. The highest BCUT2D eigenvalue weighted by Gasteiger charge is 2.17. The molecule has 0 aliphatic rings. The summed E-state index contributed by atoms with van der Waals surface area (Å²) in [6.07, 6.45) is 1.99. The first-order chi connectivity index (χ1) is 16.1. The van der Waals surface area contributed by atoms with E-state index in [-0.39, 0.29) is 5.82 Å². The van der Waals surface area contributed by atoms with Crippen LogP contribution >= 0.6 is 0 Å². The van der Waals surface area contributed by atoms with Crippen LogP contribution in [-0.2, 0) is 13.1 Å². The molecule has 170 valence electrons. The molecule has 1 aromatic heterocycles. The molecule has 0 spiro atoms. The molecule has 3 aromatic carbocycles. The summed E-state index contributed by atoms with van der Waals surface area (Å²) in [5, 5.41) is 8.25. The van der Waals surface area contributed by atoms with Gasteiger partial charge >= 0.3 is 0 Å². The van der Waals surface area contributed by atoms with Gasteiger partial charge < -0.3 is 19.5 Å². The molecule has 1 N–H and O–H groups in total. The van der Waals surface area contributed by atoms with Crippen molar-refractivity contribution in [2.45, 2.75) is 13.1 Å². The van der Waals surface area contributed by atoms with Crippen LogP contribution < -0.4 is 19.5 Å². The Morgan fingerprint density at radius 1 is 0.788 bits per heavy atom. The lowest BCUT2D eigenvalue weighted by molar-refractivity contribution is 0.321. The molecule has 1 heterocycles. The third kappa shape index (κ3) is 4.83. The van der Waals surface area contributed by atoms with Gasteiger partial charge in [0.05, 0.1) is 32.7 Å². The van der Waals surface area contributed by atoms with Crippen molar-refractivity contribution in [1.29, 1.82) is 0 Å². The van der Waals surface area contributed by atoms with Gasteiger partial charge in [0.2, 0.25) is 5.75 Å². The number of nitrogens with one attached hydrogen (secondary N) is 1. The molecular weight excluding hydrogens is 421 g/mol. The van der Waals surface area contributed by atoms with E-state index in [4.69, 9.17) is 19.3 Å². The number of ether oxygens (including phenoxy) is 3. The maximum absolute atomic E-state index is 13.5. The number of rotatable bonds is 9. The number of hydrogen-bond acceptors (Lipinski definition) is 5. The summed E-state index contributed by atoms with van der Waals surface area (Å²) in [5.41, 5.74) is 4.53. The highest BCUT2D eigenvalue weighted by molar-refractivity contribution is 5.63. The fraction of sp³-hybridized carbons (Fsp3) is 0.192. The van der Waals surface area contributed by atoms with Gasteiger partial charge in [-0.3, -0.25) is 0 Å². The van der Waals surface area contributed by atoms with Gasteiger partial charge in [-0.25, -0.2) is 9.07 Å². The third-order valence-corrected chi connectivity index (χ3v) is 5.35. The number of hydrogen-bond donors (Lipinski definition) is 1. The maximum atomic E-state index is 13.5. The van der Waals surface area contributed by atoms with Crippen molar-refractivity contribution in [2.24, 2.45) is 0 Å². The average molecular weight is 448 g/mol. The Morgan fingerprint density at radius 2 is 1.48 bits per heavy atom. The first-order valence-electron chi connectivity index (χ1n) is 10.5. The minimum Gasteiger partial charge on any atom is -0.493 e. The summed E-state index contributed by atoms with van der Waals surface area (Å²) in [4.78, 5) is 0. The van der Waals surface area contributed by atoms with Crippen LogP contribution in [0.4, 0.5) is 4.39 Å². The molecule has 6 nitrogen and oxygen atoms in total. The van der Waals surface area contributed by atoms with Crippen molar-refractivity contribution in [3.8, 4) is 34.2 Å². The molecule has 0 saturated heterocycles. The van der Waals surface area contributed by atoms with E-state index in [2.05, 4.69) is 5.32 Å². The number of methoxy groups -OCH3 is 3. The van der Waals surface area contributed by atoms with Gasteiger partial charge in [0.1, 0.15) is 5.82 Å². The predicted molar refractivity (Wildman–Crippen MR) is 126 cm³/mol. The minimum absolute atomic E-state index is 0.276. The zero-order chi connectivity index (χ0) is 23.2. The first kappa shape index (κ1) is 22.4. The van der Waals surface area contributed by atoms with E-state index in [1.54, 1.807) is 33.5 Å². The molecule has 33 heavy (non-hydrogen) atoms. The quantitative estimate of drug-likeness (QED) is 0.392. The van der Waals surface area contributed by atoms with Gasteiger partial charge in [-0.15, -0.1) is 0 Å². The lowest BCUT2D eigenvalue weighted by Gasteiger charge is -2.16. The van der Waals surface area contributed by atoms with Crippen molar-refractivity contribution in [1.82, 2.24) is 15.1 Å². The van der Waals surface area contributed by atoms with Gasteiger partial charge in [-0.1, -0.05) is 24.3 Å². The van der Waals surface area contributed by atoms with Gasteiger partial charge in [0.15, 0.2) is 11.5 Å². The first-order valence-corrected chi connectivity index (χ1v) is 10.5. The standard InChI is InChI=1S/C26H26FN3O3/c1-31-23-14-11-19(25(32-2)26(23)33-3)15-28-16-20-17-30(22-7-5-4-6-8-22)29-24(20)18-9-12-21(27)13-10-18/h4-14,17,28H,15-16H2,1-3H3. The number of para-hydroxylation sites is 1. The molecule has 0 saturated carbocycles. The summed E-state index contributed by atoms with van der Waals surface area (Å²) in [7, 11) is 4.79. The Hall–Kier alpha value is -3.84. The molecule has 4 rings (SSSR count). The molecule has 7 heteroatoms. The Balaban J connectivity index is 1.60. The highest BCUT2D eigenvalue weighted by Crippen LogP contribution is 2.39. The van der Waals surface area contributed by atoms with Gasteiger partial charge in [-0.2, -0.15) is 5.10 Å². The van der Waals surface area contributed by atoms with Crippen molar-refractivity contribution >= 4 is 0 Å². The van der Waals surface area contributed by atoms with Crippen LogP contribution in [0.2, 0.25) is 0 Å². The molecular formula is C26H26FN3O3.